The molecular formula is C26H32BClN7O2Si. The third-order valence-corrected chi connectivity index (χ3v) is 12.2. The van der Waals surface area contributed by atoms with E-state index in [9.17, 15) is 10.1 Å². The third-order valence-electron chi connectivity index (χ3n) is 7.53. The second kappa shape index (κ2) is 10.2. The maximum absolute atomic E-state index is 11.5. The molecule has 1 radical (unpaired) electrons. The van der Waals surface area contributed by atoms with Crippen molar-refractivity contribution in [2.75, 3.05) is 23.3 Å². The molecule has 0 unspecified atom stereocenters. The first-order valence-electron chi connectivity index (χ1n) is 12.4. The number of nitrogens with one attached hydrogen (secondary N) is 1. The van der Waals surface area contributed by atoms with Crippen LogP contribution >= 0.6 is 11.6 Å². The number of anilines is 3. The van der Waals surface area contributed by atoms with Gasteiger partial charge in [0, 0.05) is 49.1 Å². The zero-order valence-electron chi connectivity index (χ0n) is 22.8. The summed E-state index contributed by atoms with van der Waals surface area (Å²) >= 11 is 6.01. The second-order valence-electron chi connectivity index (χ2n) is 11.4. The molecule has 3 aromatic rings. The monoisotopic (exact) mass is 548 g/mol. The van der Waals surface area contributed by atoms with Crippen molar-refractivity contribution in [1.82, 2.24) is 19.7 Å². The van der Waals surface area contributed by atoms with E-state index in [1.165, 1.54) is 7.41 Å². The molecule has 12 heteroatoms. The maximum Gasteiger partial charge on any atom is 0.329 e. The van der Waals surface area contributed by atoms with E-state index in [4.69, 9.17) is 21.0 Å². The van der Waals surface area contributed by atoms with Crippen molar-refractivity contribution in [2.24, 2.45) is 7.05 Å². The predicted molar refractivity (Wildman–Crippen MR) is 154 cm³/mol. The summed E-state index contributed by atoms with van der Waals surface area (Å²) < 4.78 is 8.26. The highest BCUT2D eigenvalue weighted by Gasteiger charge is 2.44. The number of nitrogens with zero attached hydrogens (tertiary/aromatic N) is 6. The summed E-state index contributed by atoms with van der Waals surface area (Å²) in [5, 5.41) is 17.8. The number of benzene rings is 1. The second-order valence-corrected chi connectivity index (χ2v) is 16.6. The summed E-state index contributed by atoms with van der Waals surface area (Å²) in [5.74, 6) is 1.02. The van der Waals surface area contributed by atoms with Gasteiger partial charge in [-0.1, -0.05) is 39.3 Å². The van der Waals surface area contributed by atoms with Crippen molar-refractivity contribution < 1.29 is 9.22 Å². The number of carbonyl (C=O) groups is 1. The number of hydrogen-bond donors (Lipinski definition) is 1. The average Bonchev–Trinajstić information content (AvgIpc) is 3.32. The lowest BCUT2D eigenvalue weighted by Gasteiger charge is -2.39. The SMILES string of the molecule is Cn1nc(Cl)cc1Nc1nccc(-c2cc(C#N)c3c(c2)[C@@](C)(CO[Si](C)(C)C(C)(C)C)CN3[B]C=O)n1. The van der Waals surface area contributed by atoms with E-state index in [1.54, 1.807) is 36.1 Å². The molecule has 1 aliphatic heterocycles. The van der Waals surface area contributed by atoms with Gasteiger partial charge in [-0.3, -0.25) is 4.68 Å². The Labute approximate surface area is 230 Å². The van der Waals surface area contributed by atoms with Crippen LogP contribution in [0.3, 0.4) is 0 Å². The van der Waals surface area contributed by atoms with Crippen LogP contribution in [0, 0.1) is 11.3 Å². The molecular weight excluding hydrogens is 517 g/mol. The zero-order chi connectivity index (χ0) is 27.9. The van der Waals surface area contributed by atoms with Gasteiger partial charge in [-0.2, -0.15) is 10.4 Å². The molecule has 3 heterocycles. The Hall–Kier alpha value is -3.20. The van der Waals surface area contributed by atoms with Gasteiger partial charge < -0.3 is 19.3 Å². The average molecular weight is 549 g/mol. The molecule has 197 valence electrons. The molecule has 38 heavy (non-hydrogen) atoms. The molecule has 0 bridgehead atoms. The van der Waals surface area contributed by atoms with Gasteiger partial charge in [-0.15, -0.1) is 0 Å². The van der Waals surface area contributed by atoms with Crippen molar-refractivity contribution in [3.8, 4) is 17.3 Å². The molecule has 2 aromatic heterocycles. The topological polar surface area (TPSA) is 109 Å². The number of nitriles is 1. The van der Waals surface area contributed by atoms with Gasteiger partial charge in [-0.25, -0.2) is 9.97 Å². The van der Waals surface area contributed by atoms with Gasteiger partial charge in [0.05, 0.1) is 11.3 Å². The van der Waals surface area contributed by atoms with Gasteiger partial charge in [0.1, 0.15) is 18.1 Å². The fourth-order valence-corrected chi connectivity index (χ4v) is 5.63. The number of hydrogen-bond acceptors (Lipinski definition) is 8. The molecule has 0 saturated carbocycles. The predicted octanol–water partition coefficient (Wildman–Crippen LogP) is 5.05. The minimum atomic E-state index is -2.04. The minimum absolute atomic E-state index is 0.0571. The molecule has 9 nitrogen and oxygen atoms in total. The minimum Gasteiger partial charge on any atom is -0.416 e. The lowest BCUT2D eigenvalue weighted by atomic mass is 9.83. The van der Waals surface area contributed by atoms with E-state index >= 15 is 0 Å². The Morgan fingerprint density at radius 3 is 2.68 bits per heavy atom. The van der Waals surface area contributed by atoms with E-state index in [0.717, 1.165) is 23.0 Å². The van der Waals surface area contributed by atoms with Crippen LogP contribution in [0.15, 0.2) is 30.5 Å². The summed E-state index contributed by atoms with van der Waals surface area (Å²) in [6.45, 7) is 14.2. The molecule has 0 aliphatic carbocycles. The van der Waals surface area contributed by atoms with Crippen LogP contribution in [-0.2, 0) is 21.7 Å². The van der Waals surface area contributed by atoms with E-state index in [-0.39, 0.29) is 5.04 Å². The lowest BCUT2D eigenvalue weighted by molar-refractivity contribution is 0.219. The quantitative estimate of drug-likeness (QED) is 0.307. The van der Waals surface area contributed by atoms with E-state index in [2.05, 4.69) is 68.3 Å². The molecule has 1 N–H and O–H groups in total. The molecule has 0 fully saturated rings. The van der Waals surface area contributed by atoms with Crippen molar-refractivity contribution in [3.63, 3.8) is 0 Å². The van der Waals surface area contributed by atoms with Crippen molar-refractivity contribution in [3.05, 3.63) is 46.7 Å². The number of carbonyl (C=O) groups excluding carboxylic acids is 1. The van der Waals surface area contributed by atoms with E-state index in [0.29, 0.717) is 41.3 Å². The number of fused-ring (bicyclic) bond motifs is 1. The number of aromatic nitrogens is 4. The van der Waals surface area contributed by atoms with Crippen LogP contribution in [0.25, 0.3) is 11.3 Å². The van der Waals surface area contributed by atoms with Crippen LogP contribution in [0.2, 0.25) is 23.3 Å². The van der Waals surface area contributed by atoms with Gasteiger partial charge in [0.15, 0.2) is 13.5 Å². The third kappa shape index (κ3) is 5.34. The van der Waals surface area contributed by atoms with Crippen LogP contribution in [-0.4, -0.2) is 54.8 Å². The summed E-state index contributed by atoms with van der Waals surface area (Å²) in [4.78, 5) is 22.4. The zero-order valence-corrected chi connectivity index (χ0v) is 24.6. The van der Waals surface area contributed by atoms with Crippen molar-refractivity contribution in [2.45, 2.75) is 51.2 Å². The summed E-state index contributed by atoms with van der Waals surface area (Å²) in [6, 6.07) is 9.68. The van der Waals surface area contributed by atoms with Crippen LogP contribution < -0.4 is 10.1 Å². The first-order chi connectivity index (χ1) is 17.8. The summed E-state index contributed by atoms with van der Waals surface area (Å²) in [6.07, 6.45) is 2.42. The van der Waals surface area contributed by atoms with Crippen LogP contribution in [0.4, 0.5) is 17.5 Å². The van der Waals surface area contributed by atoms with E-state index in [1.807, 2.05) is 4.81 Å². The lowest BCUT2D eigenvalue weighted by Crippen LogP contribution is -2.46. The molecule has 0 spiro atoms. The molecule has 1 atom stereocenters. The van der Waals surface area contributed by atoms with Gasteiger partial charge >= 0.3 is 7.41 Å². The summed E-state index contributed by atoms with van der Waals surface area (Å²) in [5.41, 5.74) is 3.15. The highest BCUT2D eigenvalue weighted by Crippen LogP contribution is 2.46. The van der Waals surface area contributed by atoms with Crippen LogP contribution in [0.1, 0.15) is 38.8 Å². The Morgan fingerprint density at radius 1 is 1.34 bits per heavy atom. The summed E-state index contributed by atoms with van der Waals surface area (Å²) in [7, 11) is 1.22. The van der Waals surface area contributed by atoms with Crippen LogP contribution in [0.5, 0.6) is 0 Å². The fraction of sp³-hybridized carbons (Fsp3) is 0.423. The standard InChI is InChI=1S/C26H32BClN7O2Si/c1-25(2,3)38(6,7)37-15-26(4)14-35(27-16-36)23-18(13-29)10-17(11-19(23)26)20-8-9-30-24(31-20)32-22-12-21(28)33-34(22)5/h8-12,16H,14-15H2,1-7H3,(H,30,31,32)/t26-/m1/s1. The van der Waals surface area contributed by atoms with E-state index < -0.39 is 13.7 Å². The molecule has 1 aliphatic rings. The first-order valence-corrected chi connectivity index (χ1v) is 15.6. The molecule has 0 saturated heterocycles. The van der Waals surface area contributed by atoms with Gasteiger partial charge in [0.2, 0.25) is 5.95 Å². The Balaban J connectivity index is 1.75. The fourth-order valence-electron chi connectivity index (χ4n) is 4.30. The Bertz CT molecular complexity index is 1420. The number of halogens is 1. The largest absolute Gasteiger partial charge is 0.416 e. The highest BCUT2D eigenvalue weighted by atomic mass is 35.5. The number of rotatable bonds is 8. The molecule has 4 rings (SSSR count). The Kier molecular flexibility index (Phi) is 7.45. The van der Waals surface area contributed by atoms with Crippen molar-refractivity contribution >= 4 is 51.0 Å². The highest BCUT2D eigenvalue weighted by molar-refractivity contribution is 6.74. The smallest absolute Gasteiger partial charge is 0.329 e. The van der Waals surface area contributed by atoms with Gasteiger partial charge in [-0.05, 0) is 41.9 Å². The maximum atomic E-state index is 11.5. The van der Waals surface area contributed by atoms with Crippen molar-refractivity contribution in [1.29, 1.82) is 5.26 Å². The molecule has 0 amide bonds. The number of aryl methyl sites for hydroxylation is 1. The normalized spacial score (nSPS) is 17.2. The Morgan fingerprint density at radius 2 is 2.08 bits per heavy atom. The first kappa shape index (κ1) is 27.8. The molecule has 1 aromatic carbocycles. The van der Waals surface area contributed by atoms with Gasteiger partial charge in [0.25, 0.3) is 0 Å².